The summed E-state index contributed by atoms with van der Waals surface area (Å²) in [5, 5.41) is 3.02. The van der Waals surface area contributed by atoms with Gasteiger partial charge in [0.1, 0.15) is 12.2 Å². The zero-order valence-electron chi connectivity index (χ0n) is 15.3. The van der Waals surface area contributed by atoms with E-state index in [-0.39, 0.29) is 30.8 Å². The SMILES string of the molecule is CC(C)(C)OC(=O)N1CCC(NC(=O)COC2CCCCC2)CC1. The zero-order valence-corrected chi connectivity index (χ0v) is 15.3. The highest BCUT2D eigenvalue weighted by Crippen LogP contribution is 2.20. The van der Waals surface area contributed by atoms with Crippen LogP contribution >= 0.6 is 0 Å². The number of carbonyl (C=O) groups is 2. The van der Waals surface area contributed by atoms with Gasteiger partial charge < -0.3 is 19.7 Å². The molecule has 0 bridgehead atoms. The Kier molecular flexibility index (Phi) is 6.90. The van der Waals surface area contributed by atoms with Crippen LogP contribution in [0.3, 0.4) is 0 Å². The average Bonchev–Trinajstić information content (AvgIpc) is 2.53. The Hall–Kier alpha value is -1.30. The summed E-state index contributed by atoms with van der Waals surface area (Å²) in [5.41, 5.74) is -0.474. The minimum absolute atomic E-state index is 0.0451. The van der Waals surface area contributed by atoms with Gasteiger partial charge in [-0.25, -0.2) is 4.79 Å². The second-order valence-electron chi connectivity index (χ2n) is 7.88. The van der Waals surface area contributed by atoms with Crippen LogP contribution in [0.1, 0.15) is 65.7 Å². The number of likely N-dealkylation sites (tertiary alicyclic amines) is 1. The molecule has 0 radical (unpaired) electrons. The highest BCUT2D eigenvalue weighted by atomic mass is 16.6. The molecule has 0 unspecified atom stereocenters. The fraction of sp³-hybridized carbons (Fsp3) is 0.889. The Balaban J connectivity index is 1.63. The number of nitrogens with zero attached hydrogens (tertiary/aromatic N) is 1. The Morgan fingerprint density at radius 1 is 1.04 bits per heavy atom. The summed E-state index contributed by atoms with van der Waals surface area (Å²) < 4.78 is 11.1. The van der Waals surface area contributed by atoms with E-state index < -0.39 is 5.60 Å². The van der Waals surface area contributed by atoms with Gasteiger partial charge in [0.15, 0.2) is 0 Å². The van der Waals surface area contributed by atoms with Gasteiger partial charge in [-0.05, 0) is 46.5 Å². The average molecular weight is 340 g/mol. The number of hydrogen-bond acceptors (Lipinski definition) is 4. The van der Waals surface area contributed by atoms with Crippen molar-refractivity contribution in [2.45, 2.75) is 83.5 Å². The predicted molar refractivity (Wildman–Crippen MR) is 91.8 cm³/mol. The van der Waals surface area contributed by atoms with Crippen molar-refractivity contribution >= 4 is 12.0 Å². The molecule has 1 saturated carbocycles. The van der Waals surface area contributed by atoms with E-state index in [1.807, 2.05) is 20.8 Å². The molecule has 2 amide bonds. The minimum atomic E-state index is -0.474. The van der Waals surface area contributed by atoms with Crippen LogP contribution in [-0.2, 0) is 14.3 Å². The van der Waals surface area contributed by atoms with E-state index in [4.69, 9.17) is 9.47 Å². The molecule has 1 N–H and O–H groups in total. The Labute approximate surface area is 145 Å². The molecule has 1 heterocycles. The number of hydrogen-bond donors (Lipinski definition) is 1. The molecule has 1 saturated heterocycles. The topological polar surface area (TPSA) is 67.9 Å². The number of rotatable bonds is 4. The van der Waals surface area contributed by atoms with Gasteiger partial charge in [-0.2, -0.15) is 0 Å². The summed E-state index contributed by atoms with van der Waals surface area (Å²) in [5.74, 6) is -0.0451. The minimum Gasteiger partial charge on any atom is -0.444 e. The maximum atomic E-state index is 12.0. The monoisotopic (exact) mass is 340 g/mol. The molecule has 0 spiro atoms. The van der Waals surface area contributed by atoms with Crippen molar-refractivity contribution < 1.29 is 19.1 Å². The van der Waals surface area contributed by atoms with Gasteiger partial charge in [0.25, 0.3) is 0 Å². The molecule has 6 nitrogen and oxygen atoms in total. The first-order chi connectivity index (χ1) is 11.3. The molecule has 1 aliphatic carbocycles. The molecule has 138 valence electrons. The standard InChI is InChI=1S/C18H32N2O4/c1-18(2,3)24-17(22)20-11-9-14(10-12-20)19-16(21)13-23-15-7-5-4-6-8-15/h14-15H,4-13H2,1-3H3,(H,19,21). The van der Waals surface area contributed by atoms with Crippen molar-refractivity contribution in [3.8, 4) is 0 Å². The quantitative estimate of drug-likeness (QED) is 0.854. The van der Waals surface area contributed by atoms with Crippen molar-refractivity contribution in [2.75, 3.05) is 19.7 Å². The number of nitrogens with one attached hydrogen (secondary N) is 1. The van der Waals surface area contributed by atoms with Crippen LogP contribution < -0.4 is 5.32 Å². The first kappa shape index (κ1) is 19.0. The van der Waals surface area contributed by atoms with Crippen LogP contribution in [0, 0.1) is 0 Å². The van der Waals surface area contributed by atoms with Gasteiger partial charge >= 0.3 is 6.09 Å². The molecular formula is C18H32N2O4. The largest absolute Gasteiger partial charge is 0.444 e. The summed E-state index contributed by atoms with van der Waals surface area (Å²) in [7, 11) is 0. The van der Waals surface area contributed by atoms with Crippen molar-refractivity contribution in [1.82, 2.24) is 10.2 Å². The molecule has 1 aliphatic heterocycles. The normalized spacial score (nSPS) is 20.7. The third-order valence-corrected chi connectivity index (χ3v) is 4.51. The van der Waals surface area contributed by atoms with Crippen LogP contribution in [0.2, 0.25) is 0 Å². The van der Waals surface area contributed by atoms with Crippen molar-refractivity contribution in [3.05, 3.63) is 0 Å². The van der Waals surface area contributed by atoms with Crippen molar-refractivity contribution in [2.24, 2.45) is 0 Å². The Bertz CT molecular complexity index is 419. The van der Waals surface area contributed by atoms with E-state index in [2.05, 4.69) is 5.32 Å². The van der Waals surface area contributed by atoms with Crippen LogP contribution in [0.15, 0.2) is 0 Å². The maximum Gasteiger partial charge on any atom is 0.410 e. The van der Waals surface area contributed by atoms with Gasteiger partial charge in [-0.15, -0.1) is 0 Å². The fourth-order valence-corrected chi connectivity index (χ4v) is 3.23. The lowest BCUT2D eigenvalue weighted by atomic mass is 9.98. The second-order valence-corrected chi connectivity index (χ2v) is 7.88. The van der Waals surface area contributed by atoms with Gasteiger partial charge in [0.2, 0.25) is 5.91 Å². The van der Waals surface area contributed by atoms with Crippen LogP contribution in [0.5, 0.6) is 0 Å². The Morgan fingerprint density at radius 2 is 1.67 bits per heavy atom. The van der Waals surface area contributed by atoms with Crippen molar-refractivity contribution in [3.63, 3.8) is 0 Å². The van der Waals surface area contributed by atoms with E-state index in [1.54, 1.807) is 4.90 Å². The molecule has 0 aromatic carbocycles. The molecule has 0 atom stereocenters. The third kappa shape index (κ3) is 6.67. The van der Waals surface area contributed by atoms with E-state index in [0.29, 0.717) is 13.1 Å². The molecule has 2 rings (SSSR count). The van der Waals surface area contributed by atoms with Gasteiger partial charge in [-0.1, -0.05) is 19.3 Å². The molecule has 6 heteroatoms. The Morgan fingerprint density at radius 3 is 2.25 bits per heavy atom. The third-order valence-electron chi connectivity index (χ3n) is 4.51. The van der Waals surface area contributed by atoms with Gasteiger partial charge in [0.05, 0.1) is 6.10 Å². The smallest absolute Gasteiger partial charge is 0.410 e. The highest BCUT2D eigenvalue weighted by Gasteiger charge is 2.27. The van der Waals surface area contributed by atoms with E-state index in [9.17, 15) is 9.59 Å². The lowest BCUT2D eigenvalue weighted by Gasteiger charge is -2.33. The molecule has 0 aromatic heterocycles. The summed E-state index contributed by atoms with van der Waals surface area (Å²) in [4.78, 5) is 25.7. The fourth-order valence-electron chi connectivity index (χ4n) is 3.23. The molecule has 24 heavy (non-hydrogen) atoms. The van der Waals surface area contributed by atoms with Crippen LogP contribution in [-0.4, -0.2) is 54.3 Å². The summed E-state index contributed by atoms with van der Waals surface area (Å²) in [6.45, 7) is 6.97. The van der Waals surface area contributed by atoms with Crippen LogP contribution in [0.25, 0.3) is 0 Å². The van der Waals surface area contributed by atoms with Gasteiger partial charge in [0, 0.05) is 19.1 Å². The highest BCUT2D eigenvalue weighted by molar-refractivity contribution is 5.77. The first-order valence-electron chi connectivity index (χ1n) is 9.22. The lowest BCUT2D eigenvalue weighted by molar-refractivity contribution is -0.129. The van der Waals surface area contributed by atoms with Gasteiger partial charge in [-0.3, -0.25) is 4.79 Å². The van der Waals surface area contributed by atoms with E-state index in [0.717, 1.165) is 25.7 Å². The maximum absolute atomic E-state index is 12.0. The van der Waals surface area contributed by atoms with E-state index >= 15 is 0 Å². The molecule has 2 aliphatic rings. The number of amides is 2. The summed E-state index contributed by atoms with van der Waals surface area (Å²) in [6, 6.07) is 0.117. The van der Waals surface area contributed by atoms with Crippen LogP contribution in [0.4, 0.5) is 4.79 Å². The van der Waals surface area contributed by atoms with Crippen molar-refractivity contribution in [1.29, 1.82) is 0 Å². The summed E-state index contributed by atoms with van der Waals surface area (Å²) >= 11 is 0. The number of ether oxygens (including phenoxy) is 2. The number of carbonyl (C=O) groups excluding carboxylic acids is 2. The lowest BCUT2D eigenvalue weighted by Crippen LogP contribution is -2.48. The van der Waals surface area contributed by atoms with E-state index in [1.165, 1.54) is 19.3 Å². The molecular weight excluding hydrogens is 308 g/mol. The molecule has 0 aromatic rings. The first-order valence-corrected chi connectivity index (χ1v) is 9.22. The zero-order chi connectivity index (χ0) is 17.6. The second kappa shape index (κ2) is 8.70. The summed E-state index contributed by atoms with van der Waals surface area (Å²) in [6.07, 6.45) is 7.32. The predicted octanol–water partition coefficient (Wildman–Crippen LogP) is 2.85. The number of piperidine rings is 1. The molecule has 2 fully saturated rings.